The maximum Gasteiger partial charge on any atom is 0.573 e. The Labute approximate surface area is 203 Å². The van der Waals surface area contributed by atoms with Crippen molar-refractivity contribution in [2.45, 2.75) is 78.8 Å². The molecule has 0 aliphatic rings. The van der Waals surface area contributed by atoms with E-state index in [1.54, 1.807) is 12.3 Å². The highest BCUT2D eigenvalue weighted by atomic mass is 19.4. The number of carbonyl (C=O) groups excluding carboxylic acids is 1. The Kier molecular flexibility index (Phi) is 9.07. The maximum atomic E-state index is 12.9. The van der Waals surface area contributed by atoms with Gasteiger partial charge >= 0.3 is 6.36 Å². The fraction of sp³-hybridized carbons (Fsp3) is 0.520. The van der Waals surface area contributed by atoms with Gasteiger partial charge in [-0.15, -0.1) is 13.2 Å². The lowest BCUT2D eigenvalue weighted by Gasteiger charge is -2.40. The van der Waals surface area contributed by atoms with Crippen LogP contribution < -0.4 is 14.8 Å². The Balaban J connectivity index is 2.23. The second-order valence-corrected chi connectivity index (χ2v) is 9.07. The van der Waals surface area contributed by atoms with Crippen molar-refractivity contribution in [2.75, 3.05) is 0 Å². The van der Waals surface area contributed by atoms with Gasteiger partial charge in [0.2, 0.25) is 0 Å². The molecule has 2 aromatic rings. The summed E-state index contributed by atoms with van der Waals surface area (Å²) in [5.74, 6) is -0.691. The summed E-state index contributed by atoms with van der Waals surface area (Å²) in [5.41, 5.74) is 0.0947. The number of nitrogens with one attached hydrogen (secondary N) is 1. The highest BCUT2D eigenvalue weighted by molar-refractivity contribution is 5.92. The van der Waals surface area contributed by atoms with Gasteiger partial charge in [-0.3, -0.25) is 9.78 Å². The molecular formula is C25H31F3N4O3. The number of halogens is 3. The molecule has 0 fully saturated rings. The van der Waals surface area contributed by atoms with Gasteiger partial charge in [0.25, 0.3) is 5.91 Å². The molecule has 2 rings (SSSR count). The number of carbonyl (C=O) groups is 1. The largest absolute Gasteiger partial charge is 0.573 e. The fourth-order valence-corrected chi connectivity index (χ4v) is 3.83. The third-order valence-electron chi connectivity index (χ3n) is 5.89. The summed E-state index contributed by atoms with van der Waals surface area (Å²) >= 11 is 0. The molecule has 1 aromatic heterocycles. The van der Waals surface area contributed by atoms with E-state index in [1.165, 1.54) is 18.3 Å². The molecule has 0 radical (unpaired) electrons. The van der Waals surface area contributed by atoms with Crippen LogP contribution in [0.3, 0.4) is 0 Å². The number of amides is 1. The average Bonchev–Trinajstić information content (AvgIpc) is 2.79. The van der Waals surface area contributed by atoms with Crippen LogP contribution >= 0.6 is 0 Å². The van der Waals surface area contributed by atoms with Gasteiger partial charge in [-0.1, -0.05) is 41.5 Å². The molecule has 1 heterocycles. The van der Waals surface area contributed by atoms with E-state index >= 15 is 0 Å². The zero-order chi connectivity index (χ0) is 26.4. The molecule has 1 N–H and O–H groups in total. The standard InChI is InChI=1S/C25H31F3N4O3/c1-7-21(32-23(33)19-14-30-18(13-31-19)15(3)4)24(5,6)22(8-2)34-17-10-9-16(12-29)20(11-17)35-25(26,27)28/h9-11,13-15,21-22H,7-8H2,1-6H3,(H,32,33)/t21-,22-/m1/s1. The summed E-state index contributed by atoms with van der Waals surface area (Å²) < 4.78 is 48.3. The van der Waals surface area contributed by atoms with Crippen LogP contribution in [-0.2, 0) is 0 Å². The van der Waals surface area contributed by atoms with Crippen molar-refractivity contribution in [3.63, 3.8) is 0 Å². The zero-order valence-electron chi connectivity index (χ0n) is 20.7. The predicted molar refractivity (Wildman–Crippen MR) is 124 cm³/mol. The van der Waals surface area contributed by atoms with Crippen LogP contribution in [0.25, 0.3) is 0 Å². The van der Waals surface area contributed by atoms with Gasteiger partial charge in [0.15, 0.2) is 5.75 Å². The highest BCUT2D eigenvalue weighted by Crippen LogP contribution is 2.35. The van der Waals surface area contributed by atoms with Crippen LogP contribution in [0, 0.1) is 16.7 Å². The number of hydrogen-bond donors (Lipinski definition) is 1. The Bertz CT molecular complexity index is 1050. The maximum absolute atomic E-state index is 12.9. The zero-order valence-corrected chi connectivity index (χ0v) is 20.7. The van der Waals surface area contributed by atoms with Gasteiger partial charge < -0.3 is 14.8 Å². The third kappa shape index (κ3) is 7.31. The number of nitrogens with zero attached hydrogens (tertiary/aromatic N) is 3. The fourth-order valence-electron chi connectivity index (χ4n) is 3.83. The molecule has 0 aliphatic carbocycles. The van der Waals surface area contributed by atoms with Gasteiger partial charge in [-0.25, -0.2) is 4.98 Å². The Morgan fingerprint density at radius 2 is 1.83 bits per heavy atom. The number of ether oxygens (including phenoxy) is 2. The first-order valence-corrected chi connectivity index (χ1v) is 11.4. The molecule has 7 nitrogen and oxygen atoms in total. The highest BCUT2D eigenvalue weighted by Gasteiger charge is 2.39. The van der Waals surface area contributed by atoms with Crippen molar-refractivity contribution in [3.05, 3.63) is 47.5 Å². The quantitative estimate of drug-likeness (QED) is 0.453. The van der Waals surface area contributed by atoms with Crippen LogP contribution in [0.2, 0.25) is 0 Å². The SMILES string of the molecule is CC[C@@H](NC(=O)c1cnc(C(C)C)cn1)C(C)(C)[C@@H](CC)Oc1ccc(C#N)c(OC(F)(F)F)c1. The molecular weight excluding hydrogens is 461 g/mol. The van der Waals surface area contributed by atoms with E-state index < -0.39 is 23.6 Å². The smallest absolute Gasteiger partial charge is 0.490 e. The molecule has 1 amide bonds. The summed E-state index contributed by atoms with van der Waals surface area (Å²) in [6, 6.07) is 5.03. The summed E-state index contributed by atoms with van der Waals surface area (Å²) in [4.78, 5) is 21.4. The van der Waals surface area contributed by atoms with E-state index in [2.05, 4.69) is 20.0 Å². The molecule has 2 atom stereocenters. The minimum Gasteiger partial charge on any atom is -0.490 e. The molecule has 0 aliphatic heterocycles. The van der Waals surface area contributed by atoms with Gasteiger partial charge in [0.1, 0.15) is 23.6 Å². The van der Waals surface area contributed by atoms with E-state index in [1.807, 2.05) is 41.5 Å². The van der Waals surface area contributed by atoms with Crippen LogP contribution in [0.4, 0.5) is 13.2 Å². The van der Waals surface area contributed by atoms with E-state index in [-0.39, 0.29) is 34.9 Å². The van der Waals surface area contributed by atoms with Crippen molar-refractivity contribution < 1.29 is 27.4 Å². The molecule has 35 heavy (non-hydrogen) atoms. The Hall–Kier alpha value is -3.35. The van der Waals surface area contributed by atoms with E-state index in [0.29, 0.717) is 12.8 Å². The molecule has 190 valence electrons. The molecule has 0 bridgehead atoms. The monoisotopic (exact) mass is 492 g/mol. The molecule has 1 aromatic carbocycles. The Morgan fingerprint density at radius 3 is 2.31 bits per heavy atom. The van der Waals surface area contributed by atoms with E-state index in [4.69, 9.17) is 10.00 Å². The van der Waals surface area contributed by atoms with Crippen molar-refractivity contribution in [3.8, 4) is 17.6 Å². The summed E-state index contributed by atoms with van der Waals surface area (Å²) in [5, 5.41) is 12.1. The summed E-state index contributed by atoms with van der Waals surface area (Å²) in [6.45, 7) is 11.6. The second-order valence-electron chi connectivity index (χ2n) is 9.07. The van der Waals surface area contributed by atoms with Crippen LogP contribution in [-0.4, -0.2) is 34.4 Å². The van der Waals surface area contributed by atoms with Crippen molar-refractivity contribution in [1.82, 2.24) is 15.3 Å². The summed E-state index contributed by atoms with van der Waals surface area (Å²) in [7, 11) is 0. The second kappa shape index (κ2) is 11.4. The van der Waals surface area contributed by atoms with Crippen molar-refractivity contribution in [2.24, 2.45) is 5.41 Å². The van der Waals surface area contributed by atoms with Gasteiger partial charge in [0.05, 0.1) is 17.5 Å². The van der Waals surface area contributed by atoms with Gasteiger partial charge in [0, 0.05) is 23.7 Å². The van der Waals surface area contributed by atoms with E-state index in [9.17, 15) is 18.0 Å². The first kappa shape index (κ1) is 27.9. The molecule has 10 heteroatoms. The van der Waals surface area contributed by atoms with Crippen LogP contribution in [0.15, 0.2) is 30.6 Å². The molecule has 0 unspecified atom stereocenters. The van der Waals surface area contributed by atoms with Crippen molar-refractivity contribution in [1.29, 1.82) is 5.26 Å². The number of alkyl halides is 3. The minimum atomic E-state index is -4.94. The molecule has 0 saturated carbocycles. The van der Waals surface area contributed by atoms with Gasteiger partial charge in [-0.2, -0.15) is 5.26 Å². The first-order chi connectivity index (χ1) is 16.3. The first-order valence-electron chi connectivity index (χ1n) is 11.4. The van der Waals surface area contributed by atoms with Crippen LogP contribution in [0.5, 0.6) is 11.5 Å². The lowest BCUT2D eigenvalue weighted by molar-refractivity contribution is -0.274. The summed E-state index contributed by atoms with van der Waals surface area (Å²) in [6.07, 6.45) is -1.31. The third-order valence-corrected chi connectivity index (χ3v) is 5.89. The lowest BCUT2D eigenvalue weighted by Crippen LogP contribution is -2.52. The lowest BCUT2D eigenvalue weighted by atomic mass is 9.76. The number of hydrogen-bond acceptors (Lipinski definition) is 6. The van der Waals surface area contributed by atoms with Gasteiger partial charge in [-0.05, 0) is 30.9 Å². The number of nitriles is 1. The Morgan fingerprint density at radius 1 is 1.14 bits per heavy atom. The number of aromatic nitrogens is 2. The molecule has 0 spiro atoms. The number of rotatable bonds is 10. The predicted octanol–water partition coefficient (Wildman–Crippen LogP) is 5.76. The average molecular weight is 493 g/mol. The normalized spacial score (nSPS) is 13.6. The molecule has 0 saturated heterocycles. The topological polar surface area (TPSA) is 97.1 Å². The van der Waals surface area contributed by atoms with E-state index in [0.717, 1.165) is 11.8 Å². The van der Waals surface area contributed by atoms with Crippen molar-refractivity contribution >= 4 is 5.91 Å². The minimum absolute atomic E-state index is 0.125. The number of benzene rings is 1. The van der Waals surface area contributed by atoms with Crippen LogP contribution in [0.1, 0.15) is 82.0 Å².